The third-order valence-corrected chi connectivity index (χ3v) is 2.37. The second-order valence-electron chi connectivity index (χ2n) is 3.67. The van der Waals surface area contributed by atoms with Crippen LogP contribution >= 0.6 is 0 Å². The molecule has 0 amide bonds. The summed E-state index contributed by atoms with van der Waals surface area (Å²) in [6.45, 7) is 3.73. The van der Waals surface area contributed by atoms with Gasteiger partial charge in [-0.3, -0.25) is 10.1 Å². The van der Waals surface area contributed by atoms with Crippen LogP contribution in [0.25, 0.3) is 6.08 Å². The first-order valence-electron chi connectivity index (χ1n) is 5.09. The van der Waals surface area contributed by atoms with Crippen molar-refractivity contribution < 1.29 is 10.0 Å². The SMILES string of the molecule is Cc1cc(C)c([N+](=O)[O-])cc1C=CCCO. The van der Waals surface area contributed by atoms with Gasteiger partial charge < -0.3 is 5.11 Å². The van der Waals surface area contributed by atoms with Gasteiger partial charge in [-0.25, -0.2) is 0 Å². The number of aliphatic hydroxyl groups is 1. The second kappa shape index (κ2) is 5.42. The number of aryl methyl sites for hydroxylation is 2. The number of aliphatic hydroxyl groups excluding tert-OH is 1. The molecule has 4 heteroatoms. The van der Waals surface area contributed by atoms with Crippen molar-refractivity contribution in [3.8, 4) is 0 Å². The van der Waals surface area contributed by atoms with E-state index in [1.54, 1.807) is 31.2 Å². The molecule has 4 nitrogen and oxygen atoms in total. The van der Waals surface area contributed by atoms with Crippen molar-refractivity contribution in [1.29, 1.82) is 0 Å². The zero-order valence-electron chi connectivity index (χ0n) is 9.43. The molecule has 0 fully saturated rings. The maximum Gasteiger partial charge on any atom is 0.272 e. The third kappa shape index (κ3) is 2.90. The molecule has 0 aliphatic heterocycles. The first-order valence-corrected chi connectivity index (χ1v) is 5.09. The van der Waals surface area contributed by atoms with Crippen LogP contribution in [0.1, 0.15) is 23.1 Å². The fraction of sp³-hybridized carbons (Fsp3) is 0.333. The van der Waals surface area contributed by atoms with Crippen molar-refractivity contribution in [3.63, 3.8) is 0 Å². The van der Waals surface area contributed by atoms with Crippen molar-refractivity contribution in [3.05, 3.63) is 45.0 Å². The second-order valence-corrected chi connectivity index (χ2v) is 3.67. The van der Waals surface area contributed by atoms with E-state index in [9.17, 15) is 10.1 Å². The Balaban J connectivity index is 3.09. The van der Waals surface area contributed by atoms with Crippen LogP contribution in [-0.2, 0) is 0 Å². The van der Waals surface area contributed by atoms with Crippen molar-refractivity contribution in [2.24, 2.45) is 0 Å². The molecule has 0 bridgehead atoms. The molecular formula is C12H15NO3. The smallest absolute Gasteiger partial charge is 0.272 e. The summed E-state index contributed by atoms with van der Waals surface area (Å²) in [6, 6.07) is 3.37. The standard InChI is InChI=1S/C12H15NO3/c1-9-7-10(2)12(13(15)16)8-11(9)5-3-4-6-14/h3,5,7-8,14H,4,6H2,1-2H3. The quantitative estimate of drug-likeness (QED) is 0.627. The van der Waals surface area contributed by atoms with Gasteiger partial charge in [0.2, 0.25) is 0 Å². The lowest BCUT2D eigenvalue weighted by Gasteiger charge is -2.03. The first-order chi connectivity index (χ1) is 7.56. The van der Waals surface area contributed by atoms with Gasteiger partial charge in [0.05, 0.1) is 4.92 Å². The maximum absolute atomic E-state index is 10.8. The van der Waals surface area contributed by atoms with Crippen LogP contribution in [0.5, 0.6) is 0 Å². The molecule has 16 heavy (non-hydrogen) atoms. The molecule has 0 saturated carbocycles. The van der Waals surface area contributed by atoms with Gasteiger partial charge in [-0.15, -0.1) is 0 Å². The van der Waals surface area contributed by atoms with Gasteiger partial charge in [0.25, 0.3) is 5.69 Å². The van der Waals surface area contributed by atoms with Crippen molar-refractivity contribution in [2.75, 3.05) is 6.61 Å². The molecule has 1 N–H and O–H groups in total. The van der Waals surface area contributed by atoms with Crippen LogP contribution in [0.2, 0.25) is 0 Å². The third-order valence-electron chi connectivity index (χ3n) is 2.37. The summed E-state index contributed by atoms with van der Waals surface area (Å²) >= 11 is 0. The average molecular weight is 221 g/mol. The molecule has 1 rings (SSSR count). The Morgan fingerprint density at radius 2 is 2.06 bits per heavy atom. The van der Waals surface area contributed by atoms with E-state index in [4.69, 9.17) is 5.11 Å². The van der Waals surface area contributed by atoms with E-state index in [0.717, 1.165) is 11.1 Å². The Kier molecular flexibility index (Phi) is 4.19. The van der Waals surface area contributed by atoms with Crippen LogP contribution in [-0.4, -0.2) is 16.6 Å². The van der Waals surface area contributed by atoms with Crippen molar-refractivity contribution in [1.82, 2.24) is 0 Å². The molecule has 0 spiro atoms. The zero-order valence-corrected chi connectivity index (χ0v) is 9.43. The Morgan fingerprint density at radius 1 is 1.38 bits per heavy atom. The number of rotatable bonds is 4. The van der Waals surface area contributed by atoms with E-state index in [2.05, 4.69) is 0 Å². The van der Waals surface area contributed by atoms with Crippen molar-refractivity contribution in [2.45, 2.75) is 20.3 Å². The highest BCUT2D eigenvalue weighted by Crippen LogP contribution is 2.23. The van der Waals surface area contributed by atoms with Gasteiger partial charge in [0.15, 0.2) is 0 Å². The van der Waals surface area contributed by atoms with Crippen LogP contribution in [0.3, 0.4) is 0 Å². The normalized spacial score (nSPS) is 10.9. The topological polar surface area (TPSA) is 63.4 Å². The molecule has 1 aromatic carbocycles. The molecule has 1 aromatic rings. The fourth-order valence-electron chi connectivity index (χ4n) is 1.52. The highest BCUT2D eigenvalue weighted by Gasteiger charge is 2.11. The van der Waals surface area contributed by atoms with Crippen LogP contribution in [0, 0.1) is 24.0 Å². The molecule has 0 radical (unpaired) electrons. The van der Waals surface area contributed by atoms with E-state index in [1.807, 2.05) is 6.92 Å². The average Bonchev–Trinajstić information content (AvgIpc) is 2.21. The minimum absolute atomic E-state index is 0.0868. The molecule has 86 valence electrons. The highest BCUT2D eigenvalue weighted by atomic mass is 16.6. The Morgan fingerprint density at radius 3 is 2.62 bits per heavy atom. The number of hydrogen-bond donors (Lipinski definition) is 1. The van der Waals surface area contributed by atoms with Gasteiger partial charge in [-0.05, 0) is 37.5 Å². The van der Waals surface area contributed by atoms with E-state index in [0.29, 0.717) is 12.0 Å². The van der Waals surface area contributed by atoms with Gasteiger partial charge in [0.1, 0.15) is 0 Å². The lowest BCUT2D eigenvalue weighted by atomic mass is 10.0. The number of hydrogen-bond acceptors (Lipinski definition) is 3. The lowest BCUT2D eigenvalue weighted by Crippen LogP contribution is -1.94. The minimum atomic E-state index is -0.377. The number of nitrogens with zero attached hydrogens (tertiary/aromatic N) is 1. The van der Waals surface area contributed by atoms with Crippen LogP contribution in [0.4, 0.5) is 5.69 Å². The van der Waals surface area contributed by atoms with Gasteiger partial charge in [0, 0.05) is 18.2 Å². The van der Waals surface area contributed by atoms with E-state index in [1.165, 1.54) is 0 Å². The lowest BCUT2D eigenvalue weighted by molar-refractivity contribution is -0.385. The summed E-state index contributed by atoms with van der Waals surface area (Å²) in [7, 11) is 0. The summed E-state index contributed by atoms with van der Waals surface area (Å²) in [5.74, 6) is 0. The molecule has 0 unspecified atom stereocenters. The van der Waals surface area contributed by atoms with Gasteiger partial charge in [-0.2, -0.15) is 0 Å². The van der Waals surface area contributed by atoms with Gasteiger partial charge in [-0.1, -0.05) is 12.2 Å². The number of nitro groups is 1. The number of nitro benzene ring substituents is 1. The minimum Gasteiger partial charge on any atom is -0.396 e. The molecule has 0 aliphatic carbocycles. The number of benzene rings is 1. The largest absolute Gasteiger partial charge is 0.396 e. The summed E-state index contributed by atoms with van der Waals surface area (Å²) in [4.78, 5) is 10.4. The first kappa shape index (κ1) is 12.4. The summed E-state index contributed by atoms with van der Waals surface area (Å²) in [6.07, 6.45) is 4.17. The molecule has 0 atom stereocenters. The summed E-state index contributed by atoms with van der Waals surface area (Å²) in [5.41, 5.74) is 2.62. The zero-order chi connectivity index (χ0) is 12.1. The molecule has 0 aromatic heterocycles. The van der Waals surface area contributed by atoms with Crippen LogP contribution < -0.4 is 0 Å². The Hall–Kier alpha value is -1.68. The van der Waals surface area contributed by atoms with E-state index in [-0.39, 0.29) is 17.2 Å². The molecule has 0 saturated heterocycles. The molecular weight excluding hydrogens is 206 g/mol. The molecule has 0 heterocycles. The van der Waals surface area contributed by atoms with Gasteiger partial charge >= 0.3 is 0 Å². The molecule has 0 aliphatic rings. The Labute approximate surface area is 94.4 Å². The van der Waals surface area contributed by atoms with Crippen molar-refractivity contribution >= 4 is 11.8 Å². The summed E-state index contributed by atoms with van der Waals surface area (Å²) < 4.78 is 0. The summed E-state index contributed by atoms with van der Waals surface area (Å²) in [5, 5.41) is 19.4. The Bertz CT molecular complexity index is 425. The van der Waals surface area contributed by atoms with Crippen LogP contribution in [0.15, 0.2) is 18.2 Å². The predicted molar refractivity (Wildman–Crippen MR) is 63.3 cm³/mol. The van der Waals surface area contributed by atoms with E-state index < -0.39 is 0 Å². The maximum atomic E-state index is 10.8. The van der Waals surface area contributed by atoms with E-state index >= 15 is 0 Å². The predicted octanol–water partition coefficient (Wildman–Crippen LogP) is 2.61. The monoisotopic (exact) mass is 221 g/mol. The fourth-order valence-corrected chi connectivity index (χ4v) is 1.52. The highest BCUT2D eigenvalue weighted by molar-refractivity contribution is 5.59.